The van der Waals surface area contributed by atoms with Crippen molar-refractivity contribution in [2.75, 3.05) is 5.32 Å². The van der Waals surface area contributed by atoms with E-state index in [1.807, 2.05) is 0 Å². The quantitative estimate of drug-likeness (QED) is 0.898. The molecule has 2 N–H and O–H groups in total. The van der Waals surface area contributed by atoms with Gasteiger partial charge in [0.25, 0.3) is 0 Å². The van der Waals surface area contributed by atoms with Crippen LogP contribution >= 0.6 is 0 Å². The van der Waals surface area contributed by atoms with E-state index in [9.17, 15) is 18.0 Å². The van der Waals surface area contributed by atoms with Crippen molar-refractivity contribution >= 4 is 17.5 Å². The average Bonchev–Trinajstić information content (AvgIpc) is 2.35. The van der Waals surface area contributed by atoms with Crippen LogP contribution in [0.1, 0.15) is 10.4 Å². The van der Waals surface area contributed by atoms with Gasteiger partial charge < -0.3 is 10.4 Å². The summed E-state index contributed by atoms with van der Waals surface area (Å²) >= 11 is 0. The molecule has 0 fully saturated rings. The first-order chi connectivity index (χ1) is 8.97. The number of carboxylic acid groups (broad SMARTS) is 1. The van der Waals surface area contributed by atoms with Crippen molar-refractivity contribution in [2.24, 2.45) is 0 Å². The highest BCUT2D eigenvalue weighted by molar-refractivity contribution is 5.93. The maximum Gasteiger partial charge on any atom is 0.339 e. The van der Waals surface area contributed by atoms with E-state index in [0.717, 1.165) is 30.5 Å². The van der Waals surface area contributed by atoms with E-state index in [1.54, 1.807) is 0 Å². The molecular weight excluding hydrogens is 261 g/mol. The number of aromatic nitrogens is 1. The van der Waals surface area contributed by atoms with Gasteiger partial charge in [0.15, 0.2) is 0 Å². The highest BCUT2D eigenvalue weighted by atomic mass is 19.1. The Bertz CT molecular complexity index is 647. The van der Waals surface area contributed by atoms with Crippen molar-refractivity contribution in [1.29, 1.82) is 0 Å². The average molecular weight is 268 g/mol. The fourth-order valence-electron chi connectivity index (χ4n) is 1.42. The number of hydrogen-bond acceptors (Lipinski definition) is 3. The van der Waals surface area contributed by atoms with Crippen LogP contribution in [0.25, 0.3) is 0 Å². The number of carboxylic acids is 1. The summed E-state index contributed by atoms with van der Waals surface area (Å²) in [5.41, 5.74) is -0.773. The Hall–Kier alpha value is -2.57. The lowest BCUT2D eigenvalue weighted by Gasteiger charge is -2.09. The number of carbonyl (C=O) groups is 1. The molecule has 98 valence electrons. The molecule has 0 aliphatic carbocycles. The molecule has 2 rings (SSSR count). The van der Waals surface area contributed by atoms with Gasteiger partial charge in [0, 0.05) is 6.07 Å². The number of nitrogens with one attached hydrogen (secondary N) is 1. The normalized spacial score (nSPS) is 10.3. The molecule has 4 nitrogen and oxygen atoms in total. The van der Waals surface area contributed by atoms with Crippen LogP contribution < -0.4 is 5.32 Å². The predicted molar refractivity (Wildman–Crippen MR) is 60.8 cm³/mol. The molecule has 1 heterocycles. The summed E-state index contributed by atoms with van der Waals surface area (Å²) in [5, 5.41) is 11.2. The number of benzene rings is 1. The molecular formula is C12H7F3N2O2. The van der Waals surface area contributed by atoms with E-state index in [4.69, 9.17) is 5.11 Å². The maximum absolute atomic E-state index is 13.4. The highest BCUT2D eigenvalue weighted by Crippen LogP contribution is 2.22. The van der Waals surface area contributed by atoms with Gasteiger partial charge in [0.2, 0.25) is 0 Å². The summed E-state index contributed by atoms with van der Waals surface area (Å²) in [6.07, 6.45) is 0.770. The molecule has 0 spiro atoms. The Morgan fingerprint density at radius 1 is 1.16 bits per heavy atom. The van der Waals surface area contributed by atoms with Crippen molar-refractivity contribution in [1.82, 2.24) is 4.98 Å². The fraction of sp³-hybridized carbons (Fsp3) is 0. The molecule has 0 amide bonds. The molecule has 0 aliphatic rings. The predicted octanol–water partition coefficient (Wildman–Crippen LogP) is 2.94. The minimum absolute atomic E-state index is 0.279. The number of nitrogens with zero attached hydrogens (tertiary/aromatic N) is 1. The smallest absolute Gasteiger partial charge is 0.339 e. The maximum atomic E-state index is 13.4. The van der Waals surface area contributed by atoms with Crippen LogP contribution in [0.4, 0.5) is 24.7 Å². The third-order valence-electron chi connectivity index (χ3n) is 2.27. The van der Waals surface area contributed by atoms with Crippen LogP contribution in [0.5, 0.6) is 0 Å². The van der Waals surface area contributed by atoms with Gasteiger partial charge >= 0.3 is 5.97 Å². The van der Waals surface area contributed by atoms with Gasteiger partial charge in [-0.2, -0.15) is 0 Å². The monoisotopic (exact) mass is 268 g/mol. The van der Waals surface area contributed by atoms with Crippen molar-refractivity contribution < 1.29 is 23.1 Å². The Balaban J connectivity index is 2.43. The number of anilines is 2. The molecule has 0 unspecified atom stereocenters. The topological polar surface area (TPSA) is 62.2 Å². The lowest BCUT2D eigenvalue weighted by molar-refractivity contribution is 0.0697. The zero-order valence-corrected chi connectivity index (χ0v) is 9.32. The third-order valence-corrected chi connectivity index (χ3v) is 2.27. The number of aromatic carboxylic acids is 1. The molecule has 0 saturated heterocycles. The van der Waals surface area contributed by atoms with Crippen LogP contribution in [0, 0.1) is 17.5 Å². The fourth-order valence-corrected chi connectivity index (χ4v) is 1.42. The molecule has 1 aromatic heterocycles. The van der Waals surface area contributed by atoms with E-state index < -0.39 is 29.0 Å². The Kier molecular flexibility index (Phi) is 3.37. The largest absolute Gasteiger partial charge is 0.478 e. The molecule has 0 bridgehead atoms. The van der Waals surface area contributed by atoms with Crippen LogP contribution in [0.2, 0.25) is 0 Å². The zero-order chi connectivity index (χ0) is 14.0. The second-order valence-corrected chi connectivity index (χ2v) is 3.60. The van der Waals surface area contributed by atoms with Gasteiger partial charge in [-0.1, -0.05) is 0 Å². The highest BCUT2D eigenvalue weighted by Gasteiger charge is 2.14. The first-order valence-corrected chi connectivity index (χ1v) is 5.08. The van der Waals surface area contributed by atoms with Crippen molar-refractivity contribution in [3.63, 3.8) is 0 Å². The van der Waals surface area contributed by atoms with Gasteiger partial charge in [0.1, 0.15) is 28.8 Å². The summed E-state index contributed by atoms with van der Waals surface area (Å²) in [5.74, 6) is -4.06. The molecule has 0 atom stereocenters. The second kappa shape index (κ2) is 4.97. The lowest BCUT2D eigenvalue weighted by atomic mass is 10.2. The summed E-state index contributed by atoms with van der Waals surface area (Å²) in [4.78, 5) is 14.4. The van der Waals surface area contributed by atoms with Gasteiger partial charge in [-0.3, -0.25) is 0 Å². The minimum Gasteiger partial charge on any atom is -0.478 e. The molecule has 7 heteroatoms. The van der Waals surface area contributed by atoms with E-state index in [-0.39, 0.29) is 11.5 Å². The summed E-state index contributed by atoms with van der Waals surface area (Å²) in [6, 6.07) is 3.36. The summed E-state index contributed by atoms with van der Waals surface area (Å²) < 4.78 is 39.3. The van der Waals surface area contributed by atoms with Gasteiger partial charge in [-0.25, -0.2) is 22.9 Å². The number of rotatable bonds is 3. The lowest BCUT2D eigenvalue weighted by Crippen LogP contribution is -2.06. The number of halogens is 3. The number of pyridine rings is 1. The van der Waals surface area contributed by atoms with Crippen LogP contribution in [-0.2, 0) is 0 Å². The zero-order valence-electron chi connectivity index (χ0n) is 9.32. The Morgan fingerprint density at radius 2 is 1.89 bits per heavy atom. The SMILES string of the molecule is O=C(O)c1cc(F)cnc1Nc1cc(F)ccc1F. The minimum atomic E-state index is -1.44. The molecule has 19 heavy (non-hydrogen) atoms. The molecule has 0 aliphatic heterocycles. The van der Waals surface area contributed by atoms with Crippen molar-refractivity contribution in [3.8, 4) is 0 Å². The van der Waals surface area contributed by atoms with E-state index in [1.165, 1.54) is 0 Å². The molecule has 0 saturated carbocycles. The van der Waals surface area contributed by atoms with E-state index in [2.05, 4.69) is 10.3 Å². The van der Waals surface area contributed by atoms with Crippen LogP contribution in [-0.4, -0.2) is 16.1 Å². The third kappa shape index (κ3) is 2.82. The van der Waals surface area contributed by atoms with E-state index in [0.29, 0.717) is 0 Å². The van der Waals surface area contributed by atoms with Gasteiger partial charge in [-0.15, -0.1) is 0 Å². The molecule has 0 radical (unpaired) electrons. The van der Waals surface area contributed by atoms with Crippen LogP contribution in [0.3, 0.4) is 0 Å². The first kappa shape index (κ1) is 12.9. The Labute approximate surface area is 105 Å². The van der Waals surface area contributed by atoms with E-state index >= 15 is 0 Å². The summed E-state index contributed by atoms with van der Waals surface area (Å²) in [6.45, 7) is 0. The second-order valence-electron chi connectivity index (χ2n) is 3.60. The molecule has 2 aromatic rings. The summed E-state index contributed by atoms with van der Waals surface area (Å²) in [7, 11) is 0. The Morgan fingerprint density at radius 3 is 2.58 bits per heavy atom. The van der Waals surface area contributed by atoms with Crippen molar-refractivity contribution in [3.05, 3.63) is 53.5 Å². The molecule has 1 aromatic carbocycles. The van der Waals surface area contributed by atoms with Gasteiger partial charge in [0.05, 0.1) is 11.9 Å². The van der Waals surface area contributed by atoms with Crippen LogP contribution in [0.15, 0.2) is 30.5 Å². The standard InChI is InChI=1S/C12H7F3N2O2/c13-6-1-2-9(15)10(4-6)17-11-8(12(18)19)3-7(14)5-16-11/h1-5H,(H,16,17)(H,18,19). The first-order valence-electron chi connectivity index (χ1n) is 5.08. The van der Waals surface area contributed by atoms with Gasteiger partial charge in [-0.05, 0) is 18.2 Å². The number of hydrogen-bond donors (Lipinski definition) is 2. The van der Waals surface area contributed by atoms with Crippen molar-refractivity contribution in [2.45, 2.75) is 0 Å².